The molecule has 18 heavy (non-hydrogen) atoms. The molecule has 0 aromatic rings. The molecule has 100 valence electrons. The van der Waals surface area contributed by atoms with Gasteiger partial charge in [0.1, 0.15) is 6.10 Å². The molecule has 0 radical (unpaired) electrons. The molecule has 0 aromatic carbocycles. The second kappa shape index (κ2) is 5.90. The fourth-order valence-corrected chi connectivity index (χ4v) is 3.43. The summed E-state index contributed by atoms with van der Waals surface area (Å²) in [7, 11) is -1.66. The van der Waals surface area contributed by atoms with E-state index in [1.54, 1.807) is 0 Å². The molecule has 1 N–H and O–H groups in total. The molecule has 0 amide bonds. The van der Waals surface area contributed by atoms with Gasteiger partial charge in [0, 0.05) is 5.41 Å². The van der Waals surface area contributed by atoms with Crippen LogP contribution in [0.15, 0.2) is 29.7 Å². The number of ether oxygens (including phenoxy) is 1. The zero-order valence-corrected chi connectivity index (χ0v) is 13.1. The van der Waals surface area contributed by atoms with E-state index < -0.39 is 14.0 Å². The summed E-state index contributed by atoms with van der Waals surface area (Å²) in [5.41, 5.74) is 2.74. The van der Waals surface area contributed by atoms with Crippen LogP contribution in [0, 0.1) is 10.8 Å². The molecule has 4 nitrogen and oxygen atoms in total. The van der Waals surface area contributed by atoms with Gasteiger partial charge in [-0.25, -0.2) is 0 Å². The van der Waals surface area contributed by atoms with Crippen LogP contribution >= 0.6 is 0 Å². The third-order valence-corrected chi connectivity index (χ3v) is 4.51. The Bertz CT molecular complexity index is 416. The van der Waals surface area contributed by atoms with Crippen molar-refractivity contribution in [2.24, 2.45) is 5.41 Å². The lowest BCUT2D eigenvalue weighted by molar-refractivity contribution is -0.00128. The summed E-state index contributed by atoms with van der Waals surface area (Å²) < 4.78 is 5.49. The van der Waals surface area contributed by atoms with E-state index >= 15 is 0 Å². The van der Waals surface area contributed by atoms with Gasteiger partial charge in [-0.15, -0.1) is 5.73 Å². The lowest BCUT2D eigenvalue weighted by Gasteiger charge is -2.35. The van der Waals surface area contributed by atoms with E-state index in [9.17, 15) is 5.11 Å². The van der Waals surface area contributed by atoms with Crippen molar-refractivity contribution < 1.29 is 9.84 Å². The molecule has 0 aliphatic carbocycles. The smallest absolute Gasteiger partial charge is 0.429 e. The molecule has 0 saturated carbocycles. The molecule has 0 heterocycles. The first-order valence-corrected chi connectivity index (χ1v) is 9.34. The van der Waals surface area contributed by atoms with Gasteiger partial charge in [0.25, 0.3) is 0 Å². The first-order chi connectivity index (χ1) is 8.04. The standard InChI is InChI=1S/C13H22N2O2Si/c1-8-10(18(5,6)7)12(13(2,3)4)17-11(16)9-15-14/h9,12H,1H2,2-7H3/p+1/b11-9+. The molecule has 1 unspecified atom stereocenters. The van der Waals surface area contributed by atoms with Crippen LogP contribution in [-0.4, -0.2) is 19.3 Å². The van der Waals surface area contributed by atoms with Crippen molar-refractivity contribution >= 4 is 8.07 Å². The molecule has 0 rings (SSSR count). The van der Waals surface area contributed by atoms with Gasteiger partial charge < -0.3 is 9.84 Å². The second-order valence-corrected chi connectivity index (χ2v) is 11.3. The molecular formula is C13H23N2O2Si+. The summed E-state index contributed by atoms with van der Waals surface area (Å²) >= 11 is 0. The van der Waals surface area contributed by atoms with Crippen LogP contribution in [0.5, 0.6) is 0 Å². The average Bonchev–Trinajstić information content (AvgIpc) is 2.14. The fraction of sp³-hybridized carbons (Fsp3) is 0.615. The molecular weight excluding hydrogens is 244 g/mol. The maximum absolute atomic E-state index is 9.53. The predicted octanol–water partition coefficient (Wildman–Crippen LogP) is 4.22. The number of aliphatic hydroxyl groups is 1. The number of hydrogen-bond acceptors (Lipinski definition) is 3. The van der Waals surface area contributed by atoms with E-state index in [-0.39, 0.29) is 11.5 Å². The van der Waals surface area contributed by atoms with Crippen LogP contribution < -0.4 is 0 Å². The largest absolute Gasteiger partial charge is 0.476 e. The van der Waals surface area contributed by atoms with Gasteiger partial charge >= 0.3 is 12.1 Å². The number of rotatable bonds is 4. The van der Waals surface area contributed by atoms with Crippen molar-refractivity contribution in [1.29, 1.82) is 5.39 Å². The minimum Gasteiger partial charge on any atom is -0.476 e. The first-order valence-electron chi connectivity index (χ1n) is 5.84. The third-order valence-electron chi connectivity index (χ3n) is 2.45. The first kappa shape index (κ1) is 16.5. The van der Waals surface area contributed by atoms with Gasteiger partial charge in [0.2, 0.25) is 5.39 Å². The maximum atomic E-state index is 9.53. The van der Waals surface area contributed by atoms with Crippen LogP contribution in [0.25, 0.3) is 4.98 Å². The van der Waals surface area contributed by atoms with Crippen LogP contribution in [0.3, 0.4) is 0 Å². The molecule has 0 spiro atoms. The number of nitrogens with zero attached hydrogens (tertiary/aromatic N) is 2. The van der Waals surface area contributed by atoms with Crippen molar-refractivity contribution in [3.63, 3.8) is 0 Å². The lowest BCUT2D eigenvalue weighted by atomic mass is 9.88. The summed E-state index contributed by atoms with van der Waals surface area (Å²) in [6, 6.07) is 0. The van der Waals surface area contributed by atoms with E-state index in [1.807, 2.05) is 20.8 Å². The highest BCUT2D eigenvalue weighted by Gasteiger charge is 2.37. The Labute approximate surface area is 110 Å². The summed E-state index contributed by atoms with van der Waals surface area (Å²) in [5, 5.41) is 18.9. The monoisotopic (exact) mass is 267 g/mol. The Morgan fingerprint density at radius 3 is 2.22 bits per heavy atom. The summed E-state index contributed by atoms with van der Waals surface area (Å²) in [6.45, 7) is 16.3. The van der Waals surface area contributed by atoms with Crippen molar-refractivity contribution in [2.75, 3.05) is 0 Å². The molecule has 1 atom stereocenters. The summed E-state index contributed by atoms with van der Waals surface area (Å²) in [5.74, 6) is -0.413. The van der Waals surface area contributed by atoms with Crippen molar-refractivity contribution in [2.45, 2.75) is 46.5 Å². The highest BCUT2D eigenvalue weighted by molar-refractivity contribution is 6.83. The molecule has 0 aliphatic heterocycles. The van der Waals surface area contributed by atoms with Crippen LogP contribution in [0.1, 0.15) is 20.8 Å². The van der Waals surface area contributed by atoms with Crippen LogP contribution in [0.4, 0.5) is 0 Å². The Morgan fingerprint density at radius 2 is 1.94 bits per heavy atom. The van der Waals surface area contributed by atoms with Crippen molar-refractivity contribution in [3.05, 3.63) is 34.6 Å². The predicted molar refractivity (Wildman–Crippen MR) is 76.1 cm³/mol. The third kappa shape index (κ3) is 4.78. The van der Waals surface area contributed by atoms with Crippen molar-refractivity contribution in [1.82, 2.24) is 0 Å². The van der Waals surface area contributed by atoms with E-state index in [2.05, 4.69) is 36.9 Å². The van der Waals surface area contributed by atoms with E-state index in [4.69, 9.17) is 10.1 Å². The minimum absolute atomic E-state index is 0.225. The number of hydrogen-bond donors (Lipinski definition) is 1. The van der Waals surface area contributed by atoms with E-state index in [0.717, 1.165) is 11.4 Å². The van der Waals surface area contributed by atoms with Gasteiger partial charge in [0.05, 0.1) is 8.07 Å². The Hall–Kier alpha value is -1.50. The molecule has 5 heteroatoms. The maximum Gasteiger partial charge on any atom is 0.429 e. The fourth-order valence-electron chi connectivity index (χ4n) is 1.62. The van der Waals surface area contributed by atoms with Gasteiger partial charge in [0.15, 0.2) is 4.98 Å². The number of diazo groups is 1. The Balaban J connectivity index is 5.48. The van der Waals surface area contributed by atoms with Gasteiger partial charge in [-0.2, -0.15) is 0 Å². The normalized spacial score (nSPS) is 14.4. The average molecular weight is 267 g/mol. The van der Waals surface area contributed by atoms with Gasteiger partial charge in [-0.05, 0) is 5.20 Å². The molecule has 0 saturated heterocycles. The van der Waals surface area contributed by atoms with Gasteiger partial charge in [-0.1, -0.05) is 47.0 Å². The van der Waals surface area contributed by atoms with Crippen molar-refractivity contribution in [3.8, 4) is 0 Å². The summed E-state index contributed by atoms with van der Waals surface area (Å²) in [6.07, 6.45) is 0.517. The second-order valence-electron chi connectivity index (χ2n) is 6.29. The zero-order chi connectivity index (χ0) is 14.6. The van der Waals surface area contributed by atoms with Crippen LogP contribution in [-0.2, 0) is 4.74 Å². The Kier molecular flexibility index (Phi) is 5.41. The quantitative estimate of drug-likeness (QED) is 0.359. The topological polar surface area (TPSA) is 57.6 Å². The minimum atomic E-state index is -1.66. The zero-order valence-electron chi connectivity index (χ0n) is 12.1. The molecule has 0 fully saturated rings. The van der Waals surface area contributed by atoms with E-state index in [0.29, 0.717) is 0 Å². The highest BCUT2D eigenvalue weighted by Crippen LogP contribution is 2.33. The molecule has 0 aliphatic rings. The van der Waals surface area contributed by atoms with Gasteiger partial charge in [-0.3, -0.25) is 0 Å². The van der Waals surface area contributed by atoms with E-state index in [1.165, 1.54) is 0 Å². The lowest BCUT2D eigenvalue weighted by Crippen LogP contribution is -2.40. The summed E-state index contributed by atoms with van der Waals surface area (Å²) in [4.78, 5) is 2.75. The van der Waals surface area contributed by atoms with Crippen LogP contribution in [0.2, 0.25) is 19.6 Å². The Morgan fingerprint density at radius 1 is 1.44 bits per heavy atom. The highest BCUT2D eigenvalue weighted by atomic mass is 28.3. The SMILES string of the molecule is C=C=C(C(O/C(O)=C/[N+]#N)C(C)(C)C)[Si](C)(C)C. The molecule has 0 bridgehead atoms. The number of aliphatic hydroxyl groups excluding tert-OH is 1. The molecule has 0 aromatic heterocycles.